The molecule has 0 atom stereocenters. The molecule has 4 nitrogen and oxygen atoms in total. The van der Waals surface area contributed by atoms with Crippen LogP contribution in [0.2, 0.25) is 15.1 Å². The Morgan fingerprint density at radius 2 is 1.67 bits per heavy atom. The number of rotatable bonds is 3. The fourth-order valence-corrected chi connectivity index (χ4v) is 2.11. The van der Waals surface area contributed by atoms with Gasteiger partial charge in [0.1, 0.15) is 0 Å². The van der Waals surface area contributed by atoms with Crippen LogP contribution >= 0.6 is 34.8 Å². The van der Waals surface area contributed by atoms with Crippen LogP contribution in [-0.4, -0.2) is 17.0 Å². The zero-order chi connectivity index (χ0) is 15.6. The van der Waals surface area contributed by atoms with E-state index in [0.29, 0.717) is 10.0 Å². The quantitative estimate of drug-likeness (QED) is 0.855. The van der Waals surface area contributed by atoms with Crippen LogP contribution < -0.4 is 5.32 Å². The molecule has 108 valence electrons. The van der Waals surface area contributed by atoms with Crippen LogP contribution in [0.1, 0.15) is 20.7 Å². The minimum absolute atomic E-state index is 0.0622. The summed E-state index contributed by atoms with van der Waals surface area (Å²) >= 11 is 17.4. The first kappa shape index (κ1) is 15.6. The second-order valence-electron chi connectivity index (χ2n) is 4.08. The van der Waals surface area contributed by atoms with Crippen molar-refractivity contribution in [3.05, 3.63) is 62.6 Å². The average molecular weight is 345 g/mol. The van der Waals surface area contributed by atoms with Gasteiger partial charge in [0.15, 0.2) is 0 Å². The van der Waals surface area contributed by atoms with Gasteiger partial charge in [-0.15, -0.1) is 0 Å². The Morgan fingerprint density at radius 3 is 2.29 bits per heavy atom. The van der Waals surface area contributed by atoms with Crippen LogP contribution in [0, 0.1) is 0 Å². The Kier molecular flexibility index (Phi) is 4.73. The van der Waals surface area contributed by atoms with E-state index in [1.165, 1.54) is 36.4 Å². The standard InChI is InChI=1S/C14H8Cl3NO3/c15-8-2-3-9(14(20)21)12(6-8)18-13(19)7-1-4-10(16)11(17)5-7/h1-6H,(H,18,19)(H,20,21). The normalized spacial score (nSPS) is 10.2. The third kappa shape index (κ3) is 3.67. The molecule has 0 aliphatic carbocycles. The van der Waals surface area contributed by atoms with Gasteiger partial charge in [0.2, 0.25) is 0 Å². The van der Waals surface area contributed by atoms with Crippen molar-refractivity contribution in [2.24, 2.45) is 0 Å². The topological polar surface area (TPSA) is 66.4 Å². The summed E-state index contributed by atoms with van der Waals surface area (Å²) < 4.78 is 0. The number of nitrogens with one attached hydrogen (secondary N) is 1. The summed E-state index contributed by atoms with van der Waals surface area (Å²) in [5, 5.41) is 12.4. The lowest BCUT2D eigenvalue weighted by Crippen LogP contribution is -2.14. The van der Waals surface area contributed by atoms with Crippen molar-refractivity contribution < 1.29 is 14.7 Å². The van der Waals surface area contributed by atoms with Gasteiger partial charge in [0, 0.05) is 10.6 Å². The SMILES string of the molecule is O=C(Nc1cc(Cl)ccc1C(=O)O)c1ccc(Cl)c(Cl)c1. The summed E-state index contributed by atoms with van der Waals surface area (Å²) in [4.78, 5) is 23.2. The fourth-order valence-electron chi connectivity index (χ4n) is 1.64. The van der Waals surface area contributed by atoms with E-state index in [1.54, 1.807) is 0 Å². The molecule has 0 aliphatic heterocycles. The zero-order valence-corrected chi connectivity index (χ0v) is 12.6. The Hall–Kier alpha value is -1.75. The minimum atomic E-state index is -1.17. The van der Waals surface area contributed by atoms with Crippen LogP contribution in [0.25, 0.3) is 0 Å². The zero-order valence-electron chi connectivity index (χ0n) is 10.4. The van der Waals surface area contributed by atoms with Crippen molar-refractivity contribution in [3.63, 3.8) is 0 Å². The van der Waals surface area contributed by atoms with Gasteiger partial charge < -0.3 is 10.4 Å². The highest BCUT2D eigenvalue weighted by molar-refractivity contribution is 6.42. The maximum atomic E-state index is 12.1. The van der Waals surface area contributed by atoms with E-state index in [1.807, 2.05) is 0 Å². The number of hydrogen-bond acceptors (Lipinski definition) is 2. The molecule has 0 aromatic heterocycles. The Labute approximate surface area is 135 Å². The highest BCUT2D eigenvalue weighted by Gasteiger charge is 2.14. The van der Waals surface area contributed by atoms with Crippen LogP contribution in [0.4, 0.5) is 5.69 Å². The Morgan fingerprint density at radius 1 is 0.952 bits per heavy atom. The molecule has 0 unspecified atom stereocenters. The number of amides is 1. The monoisotopic (exact) mass is 343 g/mol. The fraction of sp³-hybridized carbons (Fsp3) is 0. The lowest BCUT2D eigenvalue weighted by molar-refractivity contribution is 0.0698. The van der Waals surface area contributed by atoms with Crippen LogP contribution in [-0.2, 0) is 0 Å². The molecule has 2 N–H and O–H groups in total. The van der Waals surface area contributed by atoms with E-state index in [-0.39, 0.29) is 21.8 Å². The van der Waals surface area contributed by atoms with E-state index >= 15 is 0 Å². The third-order valence-electron chi connectivity index (χ3n) is 2.64. The van der Waals surface area contributed by atoms with Crippen molar-refractivity contribution in [2.45, 2.75) is 0 Å². The van der Waals surface area contributed by atoms with Gasteiger partial charge >= 0.3 is 5.97 Å². The first-order valence-electron chi connectivity index (χ1n) is 5.67. The van der Waals surface area contributed by atoms with Gasteiger partial charge in [0.25, 0.3) is 5.91 Å². The second-order valence-corrected chi connectivity index (χ2v) is 5.33. The molecule has 1 amide bonds. The average Bonchev–Trinajstić information content (AvgIpc) is 2.41. The van der Waals surface area contributed by atoms with Crippen molar-refractivity contribution >= 4 is 52.4 Å². The number of carbonyl (C=O) groups excluding carboxylic acids is 1. The van der Waals surface area contributed by atoms with Gasteiger partial charge in [0.05, 0.1) is 21.3 Å². The summed E-state index contributed by atoms with van der Waals surface area (Å²) in [7, 11) is 0. The maximum absolute atomic E-state index is 12.1. The van der Waals surface area contributed by atoms with E-state index in [2.05, 4.69) is 5.32 Å². The first-order valence-corrected chi connectivity index (χ1v) is 6.81. The summed E-state index contributed by atoms with van der Waals surface area (Å²) in [5.74, 6) is -1.69. The molecule has 0 saturated carbocycles. The number of aromatic carboxylic acids is 1. The molecule has 21 heavy (non-hydrogen) atoms. The number of halogens is 3. The molecule has 0 radical (unpaired) electrons. The molecule has 0 fully saturated rings. The van der Waals surface area contributed by atoms with Crippen LogP contribution in [0.5, 0.6) is 0 Å². The second kappa shape index (κ2) is 6.35. The lowest BCUT2D eigenvalue weighted by Gasteiger charge is -2.09. The number of carboxylic acids is 1. The molecule has 2 aromatic carbocycles. The largest absolute Gasteiger partial charge is 0.478 e. The smallest absolute Gasteiger partial charge is 0.337 e. The number of hydrogen-bond donors (Lipinski definition) is 2. The van der Waals surface area contributed by atoms with Gasteiger partial charge in [-0.2, -0.15) is 0 Å². The minimum Gasteiger partial charge on any atom is -0.478 e. The number of benzene rings is 2. The van der Waals surface area contributed by atoms with E-state index < -0.39 is 11.9 Å². The molecule has 0 saturated heterocycles. The molecule has 2 rings (SSSR count). The third-order valence-corrected chi connectivity index (χ3v) is 3.62. The molecule has 0 bridgehead atoms. The summed E-state index contributed by atoms with van der Waals surface area (Å²) in [6, 6.07) is 8.46. The van der Waals surface area contributed by atoms with Crippen molar-refractivity contribution in [1.82, 2.24) is 0 Å². The van der Waals surface area contributed by atoms with E-state index in [0.717, 1.165) is 0 Å². The van der Waals surface area contributed by atoms with E-state index in [4.69, 9.17) is 39.9 Å². The number of carbonyl (C=O) groups is 2. The van der Waals surface area contributed by atoms with E-state index in [9.17, 15) is 9.59 Å². The summed E-state index contributed by atoms with van der Waals surface area (Å²) in [5.41, 5.74) is 0.291. The van der Waals surface area contributed by atoms with Gasteiger partial charge in [-0.3, -0.25) is 4.79 Å². The van der Waals surface area contributed by atoms with Crippen LogP contribution in [0.15, 0.2) is 36.4 Å². The highest BCUT2D eigenvalue weighted by atomic mass is 35.5. The highest BCUT2D eigenvalue weighted by Crippen LogP contribution is 2.25. The van der Waals surface area contributed by atoms with Gasteiger partial charge in [-0.05, 0) is 36.4 Å². The van der Waals surface area contributed by atoms with Crippen molar-refractivity contribution in [1.29, 1.82) is 0 Å². The number of carboxylic acid groups (broad SMARTS) is 1. The van der Waals surface area contributed by atoms with Gasteiger partial charge in [-0.25, -0.2) is 4.79 Å². The van der Waals surface area contributed by atoms with Crippen LogP contribution in [0.3, 0.4) is 0 Å². The molecular weight excluding hydrogens is 337 g/mol. The molecule has 0 aliphatic rings. The predicted molar refractivity (Wildman–Crippen MR) is 82.8 cm³/mol. The molecule has 0 heterocycles. The van der Waals surface area contributed by atoms with Crippen molar-refractivity contribution in [2.75, 3.05) is 5.32 Å². The molecule has 2 aromatic rings. The maximum Gasteiger partial charge on any atom is 0.337 e. The Bertz CT molecular complexity index is 731. The molecular formula is C14H8Cl3NO3. The predicted octanol–water partition coefficient (Wildman–Crippen LogP) is 4.60. The Balaban J connectivity index is 2.33. The first-order chi connectivity index (χ1) is 9.88. The molecule has 0 spiro atoms. The summed E-state index contributed by atoms with van der Waals surface area (Å²) in [6.45, 7) is 0. The summed E-state index contributed by atoms with van der Waals surface area (Å²) in [6.07, 6.45) is 0. The van der Waals surface area contributed by atoms with Gasteiger partial charge in [-0.1, -0.05) is 34.8 Å². The molecule has 7 heteroatoms. The lowest BCUT2D eigenvalue weighted by atomic mass is 10.1. The van der Waals surface area contributed by atoms with Crippen molar-refractivity contribution in [3.8, 4) is 0 Å². The number of anilines is 1.